The Kier molecular flexibility index (Phi) is 4.20. The van der Waals surface area contributed by atoms with Crippen molar-refractivity contribution in [2.24, 2.45) is 5.73 Å². The van der Waals surface area contributed by atoms with Crippen LogP contribution in [-0.4, -0.2) is 12.1 Å². The fraction of sp³-hybridized carbons (Fsp3) is 0.133. The van der Waals surface area contributed by atoms with Crippen molar-refractivity contribution in [2.75, 3.05) is 12.4 Å². The number of anilines is 2. The van der Waals surface area contributed by atoms with Gasteiger partial charge < -0.3 is 15.8 Å². The molecule has 0 atom stereocenters. The lowest BCUT2D eigenvalue weighted by atomic mass is 10.1. The number of hydrogen-bond donors (Lipinski definition) is 2. The van der Waals surface area contributed by atoms with Crippen LogP contribution in [0.5, 0.6) is 5.75 Å². The van der Waals surface area contributed by atoms with Gasteiger partial charge in [0.25, 0.3) is 0 Å². The molecule has 0 aliphatic rings. The molecule has 0 aliphatic heterocycles. The van der Waals surface area contributed by atoms with Crippen LogP contribution in [-0.2, 0) is 0 Å². The lowest BCUT2D eigenvalue weighted by molar-refractivity contribution is 0.415. The van der Waals surface area contributed by atoms with Gasteiger partial charge in [0.1, 0.15) is 16.6 Å². The van der Waals surface area contributed by atoms with Gasteiger partial charge in [-0.2, -0.15) is 0 Å². The molecule has 2 aromatic rings. The van der Waals surface area contributed by atoms with Crippen LogP contribution in [0.3, 0.4) is 0 Å². The third kappa shape index (κ3) is 3.24. The van der Waals surface area contributed by atoms with Crippen LogP contribution in [0, 0.1) is 12.7 Å². The molecule has 3 N–H and O–H groups in total. The largest absolute Gasteiger partial charge is 0.497 e. The molecular weight excluding hydrogens is 275 g/mol. The number of hydrogen-bond acceptors (Lipinski definition) is 3. The smallest absolute Gasteiger partial charge is 0.125 e. The highest BCUT2D eigenvalue weighted by Crippen LogP contribution is 2.26. The molecule has 0 saturated carbocycles. The highest BCUT2D eigenvalue weighted by molar-refractivity contribution is 7.80. The van der Waals surface area contributed by atoms with Crippen molar-refractivity contribution < 1.29 is 9.13 Å². The number of benzene rings is 2. The molecule has 0 fully saturated rings. The van der Waals surface area contributed by atoms with E-state index in [4.69, 9.17) is 22.7 Å². The first-order valence-electron chi connectivity index (χ1n) is 6.01. The Morgan fingerprint density at radius 1 is 1.25 bits per heavy atom. The maximum absolute atomic E-state index is 13.4. The summed E-state index contributed by atoms with van der Waals surface area (Å²) in [5.74, 6) is 0.368. The molecule has 0 spiro atoms. The van der Waals surface area contributed by atoms with Crippen LogP contribution in [0.15, 0.2) is 36.4 Å². The average Bonchev–Trinajstić information content (AvgIpc) is 2.37. The predicted molar refractivity (Wildman–Crippen MR) is 83.3 cm³/mol. The number of halogens is 1. The van der Waals surface area contributed by atoms with E-state index in [1.807, 2.05) is 13.0 Å². The van der Waals surface area contributed by atoms with Gasteiger partial charge in [0, 0.05) is 17.3 Å². The third-order valence-electron chi connectivity index (χ3n) is 2.81. The van der Waals surface area contributed by atoms with Crippen LogP contribution in [0.2, 0.25) is 0 Å². The molecular formula is C15H15FN2OS. The van der Waals surface area contributed by atoms with E-state index < -0.39 is 0 Å². The lowest BCUT2D eigenvalue weighted by Gasteiger charge is -2.13. The minimum absolute atomic E-state index is 0.267. The maximum atomic E-state index is 13.4. The van der Waals surface area contributed by atoms with Gasteiger partial charge in [0.05, 0.1) is 12.8 Å². The number of thiocarbonyl (C=S) groups is 1. The highest BCUT2D eigenvalue weighted by atomic mass is 32.1. The van der Waals surface area contributed by atoms with Gasteiger partial charge in [-0.05, 0) is 42.8 Å². The van der Waals surface area contributed by atoms with Gasteiger partial charge in [0.2, 0.25) is 0 Å². The molecule has 0 bridgehead atoms. The summed E-state index contributed by atoms with van der Waals surface area (Å²) < 4.78 is 18.6. The molecule has 0 heterocycles. The second kappa shape index (κ2) is 5.88. The summed E-state index contributed by atoms with van der Waals surface area (Å²) >= 11 is 5.02. The normalized spacial score (nSPS) is 10.2. The second-order valence-electron chi connectivity index (χ2n) is 4.42. The Bertz CT molecular complexity index is 638. The number of aryl methyl sites for hydroxylation is 1. The minimum Gasteiger partial charge on any atom is -0.497 e. The van der Waals surface area contributed by atoms with Crippen LogP contribution in [0.25, 0.3) is 0 Å². The van der Waals surface area contributed by atoms with Crippen molar-refractivity contribution in [3.63, 3.8) is 0 Å². The van der Waals surface area contributed by atoms with Crippen molar-refractivity contribution in [2.45, 2.75) is 6.92 Å². The minimum atomic E-state index is -0.299. The number of ether oxygens (including phenoxy) is 1. The molecule has 0 radical (unpaired) electrons. The predicted octanol–water partition coefficient (Wildman–Crippen LogP) is 3.52. The molecule has 0 saturated heterocycles. The fourth-order valence-electron chi connectivity index (χ4n) is 1.93. The number of nitrogens with one attached hydrogen (secondary N) is 1. The van der Waals surface area contributed by atoms with Gasteiger partial charge >= 0.3 is 0 Å². The first kappa shape index (κ1) is 14.3. The van der Waals surface area contributed by atoms with Crippen molar-refractivity contribution in [3.05, 3.63) is 53.3 Å². The van der Waals surface area contributed by atoms with E-state index in [0.717, 1.165) is 5.56 Å². The lowest BCUT2D eigenvalue weighted by Crippen LogP contribution is -2.12. The summed E-state index contributed by atoms with van der Waals surface area (Å²) in [7, 11) is 1.58. The molecule has 20 heavy (non-hydrogen) atoms. The Labute approximate surface area is 122 Å². The molecule has 5 heteroatoms. The quantitative estimate of drug-likeness (QED) is 0.846. The van der Waals surface area contributed by atoms with E-state index in [0.29, 0.717) is 22.7 Å². The van der Waals surface area contributed by atoms with Gasteiger partial charge in [-0.1, -0.05) is 12.2 Å². The fourth-order valence-corrected chi connectivity index (χ4v) is 2.11. The Morgan fingerprint density at radius 2 is 2.00 bits per heavy atom. The second-order valence-corrected chi connectivity index (χ2v) is 4.86. The summed E-state index contributed by atoms with van der Waals surface area (Å²) in [6, 6.07) is 10.0. The molecule has 104 valence electrons. The molecule has 0 aromatic heterocycles. The van der Waals surface area contributed by atoms with E-state index in [-0.39, 0.29) is 10.8 Å². The number of nitrogens with two attached hydrogens (primary N) is 1. The Hall–Kier alpha value is -2.14. The van der Waals surface area contributed by atoms with Gasteiger partial charge in [-0.25, -0.2) is 4.39 Å². The van der Waals surface area contributed by atoms with E-state index in [1.165, 1.54) is 12.1 Å². The monoisotopic (exact) mass is 290 g/mol. The zero-order valence-electron chi connectivity index (χ0n) is 11.2. The zero-order chi connectivity index (χ0) is 14.7. The van der Waals surface area contributed by atoms with Crippen molar-refractivity contribution in [3.8, 4) is 5.75 Å². The summed E-state index contributed by atoms with van der Waals surface area (Å²) in [6.07, 6.45) is 0. The standard InChI is InChI=1S/C15H15FN2OS/c1-9-5-10(16)7-11(6-9)18-14-8-12(19-2)3-4-13(14)15(17)20/h3-8,18H,1-2H3,(H2,17,20). The van der Waals surface area contributed by atoms with Crippen LogP contribution in [0.4, 0.5) is 15.8 Å². The Morgan fingerprint density at radius 3 is 2.60 bits per heavy atom. The summed E-state index contributed by atoms with van der Waals surface area (Å²) in [6.45, 7) is 1.83. The first-order chi connectivity index (χ1) is 9.49. The molecule has 2 rings (SSSR count). The van der Waals surface area contributed by atoms with E-state index in [1.54, 1.807) is 25.3 Å². The molecule has 0 aliphatic carbocycles. The van der Waals surface area contributed by atoms with E-state index >= 15 is 0 Å². The van der Waals surface area contributed by atoms with Crippen molar-refractivity contribution in [1.82, 2.24) is 0 Å². The summed E-state index contributed by atoms with van der Waals surface area (Å²) in [4.78, 5) is 0.267. The van der Waals surface area contributed by atoms with Crippen LogP contribution < -0.4 is 15.8 Å². The number of methoxy groups -OCH3 is 1. The highest BCUT2D eigenvalue weighted by Gasteiger charge is 2.08. The molecule has 0 amide bonds. The topological polar surface area (TPSA) is 47.3 Å². The molecule has 3 nitrogen and oxygen atoms in total. The van der Waals surface area contributed by atoms with E-state index in [9.17, 15) is 4.39 Å². The van der Waals surface area contributed by atoms with Gasteiger partial charge in [0.15, 0.2) is 0 Å². The average molecular weight is 290 g/mol. The number of rotatable bonds is 4. The van der Waals surface area contributed by atoms with Crippen molar-refractivity contribution >= 4 is 28.6 Å². The van der Waals surface area contributed by atoms with Crippen LogP contribution in [0.1, 0.15) is 11.1 Å². The zero-order valence-corrected chi connectivity index (χ0v) is 12.1. The van der Waals surface area contributed by atoms with Gasteiger partial charge in [-0.3, -0.25) is 0 Å². The van der Waals surface area contributed by atoms with Crippen LogP contribution >= 0.6 is 12.2 Å². The third-order valence-corrected chi connectivity index (χ3v) is 3.03. The van der Waals surface area contributed by atoms with Crippen molar-refractivity contribution in [1.29, 1.82) is 0 Å². The maximum Gasteiger partial charge on any atom is 0.125 e. The summed E-state index contributed by atoms with van der Waals surface area (Å²) in [5, 5.41) is 3.12. The summed E-state index contributed by atoms with van der Waals surface area (Å²) in [5.41, 5.74) is 8.52. The van der Waals surface area contributed by atoms with E-state index in [2.05, 4.69) is 5.32 Å². The van der Waals surface area contributed by atoms with Gasteiger partial charge in [-0.15, -0.1) is 0 Å². The first-order valence-corrected chi connectivity index (χ1v) is 6.42. The Balaban J connectivity index is 2.42. The molecule has 2 aromatic carbocycles. The molecule has 0 unspecified atom stereocenters. The SMILES string of the molecule is COc1ccc(C(N)=S)c(Nc2cc(C)cc(F)c2)c1.